The Morgan fingerprint density at radius 2 is 2.26 bits per heavy atom. The van der Waals surface area contributed by atoms with E-state index in [2.05, 4.69) is 15.6 Å². The Labute approximate surface area is 112 Å². The van der Waals surface area contributed by atoms with Crippen LogP contribution in [0.4, 0.5) is 4.79 Å². The first-order valence-corrected chi connectivity index (χ1v) is 6.33. The molecule has 0 aliphatic rings. The molecule has 1 unspecified atom stereocenters. The Balaban J connectivity index is 2.14. The molecule has 1 atom stereocenters. The summed E-state index contributed by atoms with van der Waals surface area (Å²) < 4.78 is 1.93. The van der Waals surface area contributed by atoms with E-state index in [1.54, 1.807) is 12.5 Å². The van der Waals surface area contributed by atoms with Gasteiger partial charge in [0.15, 0.2) is 0 Å². The molecule has 0 aromatic carbocycles. The lowest BCUT2D eigenvalue weighted by atomic mass is 10.1. The van der Waals surface area contributed by atoms with Crippen LogP contribution in [0, 0.1) is 0 Å². The van der Waals surface area contributed by atoms with E-state index in [-0.39, 0.29) is 18.5 Å². The Hall–Kier alpha value is -2.05. The average Bonchev–Trinajstić information content (AvgIpc) is 2.86. The van der Waals surface area contributed by atoms with Gasteiger partial charge in [-0.05, 0) is 12.8 Å². The zero-order valence-corrected chi connectivity index (χ0v) is 11.0. The van der Waals surface area contributed by atoms with Gasteiger partial charge in [-0.1, -0.05) is 6.92 Å². The van der Waals surface area contributed by atoms with Crippen LogP contribution in [0.5, 0.6) is 0 Å². The van der Waals surface area contributed by atoms with E-state index >= 15 is 0 Å². The fourth-order valence-corrected chi connectivity index (χ4v) is 1.63. The lowest BCUT2D eigenvalue weighted by Crippen LogP contribution is -2.43. The minimum Gasteiger partial charge on any atom is -0.481 e. The summed E-state index contributed by atoms with van der Waals surface area (Å²) in [6, 6.07) is -0.648. The molecule has 0 radical (unpaired) electrons. The van der Waals surface area contributed by atoms with Crippen molar-refractivity contribution in [2.45, 2.75) is 38.8 Å². The standard InChI is InChI=1S/C12H20N4O3/c1-2-10(8-11(17)18)15-12(19)14-4-3-6-16-7-5-13-9-16/h5,7,9-10H,2-4,6,8H2,1H3,(H,17,18)(H2,14,15,19). The number of amides is 2. The minimum atomic E-state index is -0.910. The third-order valence-electron chi connectivity index (χ3n) is 2.69. The molecule has 0 bridgehead atoms. The summed E-state index contributed by atoms with van der Waals surface area (Å²) in [4.78, 5) is 26.0. The predicted octanol–water partition coefficient (Wildman–Crippen LogP) is 0.826. The number of carboxylic acid groups (broad SMARTS) is 1. The highest BCUT2D eigenvalue weighted by molar-refractivity contribution is 5.75. The predicted molar refractivity (Wildman–Crippen MR) is 69.7 cm³/mol. The zero-order valence-electron chi connectivity index (χ0n) is 11.0. The van der Waals surface area contributed by atoms with Crippen LogP contribution in [0.15, 0.2) is 18.7 Å². The topological polar surface area (TPSA) is 96.3 Å². The molecule has 0 aliphatic heterocycles. The molecule has 106 valence electrons. The number of carbonyl (C=O) groups is 2. The summed E-state index contributed by atoms with van der Waals surface area (Å²) in [5.74, 6) is -0.910. The number of rotatable bonds is 8. The van der Waals surface area contributed by atoms with E-state index in [1.165, 1.54) is 0 Å². The number of aryl methyl sites for hydroxylation is 1. The second-order valence-electron chi connectivity index (χ2n) is 4.26. The number of hydrogen-bond acceptors (Lipinski definition) is 3. The Morgan fingerprint density at radius 3 is 2.84 bits per heavy atom. The van der Waals surface area contributed by atoms with Crippen LogP contribution in [-0.4, -0.2) is 39.2 Å². The summed E-state index contributed by atoms with van der Waals surface area (Å²) in [6.45, 7) is 3.16. The van der Waals surface area contributed by atoms with Crippen molar-refractivity contribution < 1.29 is 14.7 Å². The fourth-order valence-electron chi connectivity index (χ4n) is 1.63. The van der Waals surface area contributed by atoms with Crippen molar-refractivity contribution in [2.75, 3.05) is 6.54 Å². The van der Waals surface area contributed by atoms with E-state index in [0.717, 1.165) is 13.0 Å². The molecule has 0 aliphatic carbocycles. The van der Waals surface area contributed by atoms with Crippen molar-refractivity contribution in [2.24, 2.45) is 0 Å². The molecule has 19 heavy (non-hydrogen) atoms. The maximum absolute atomic E-state index is 11.5. The number of aromatic nitrogens is 2. The Morgan fingerprint density at radius 1 is 1.47 bits per heavy atom. The van der Waals surface area contributed by atoms with E-state index < -0.39 is 5.97 Å². The van der Waals surface area contributed by atoms with Crippen molar-refractivity contribution in [3.8, 4) is 0 Å². The molecular weight excluding hydrogens is 248 g/mol. The summed E-state index contributed by atoms with van der Waals surface area (Å²) in [7, 11) is 0. The summed E-state index contributed by atoms with van der Waals surface area (Å²) in [6.07, 6.45) is 6.62. The molecule has 1 rings (SSSR count). The molecule has 2 amide bonds. The van der Waals surface area contributed by atoms with Gasteiger partial charge in [0.05, 0.1) is 12.7 Å². The van der Waals surface area contributed by atoms with E-state index in [1.807, 2.05) is 17.7 Å². The number of urea groups is 1. The van der Waals surface area contributed by atoms with Crippen molar-refractivity contribution in [1.82, 2.24) is 20.2 Å². The maximum atomic E-state index is 11.5. The minimum absolute atomic E-state index is 0.0566. The van der Waals surface area contributed by atoms with E-state index in [4.69, 9.17) is 5.11 Å². The molecule has 0 saturated heterocycles. The normalized spacial score (nSPS) is 11.8. The van der Waals surface area contributed by atoms with Crippen molar-refractivity contribution in [3.05, 3.63) is 18.7 Å². The van der Waals surface area contributed by atoms with Crippen LogP contribution >= 0.6 is 0 Å². The van der Waals surface area contributed by atoms with Gasteiger partial charge >= 0.3 is 12.0 Å². The second-order valence-corrected chi connectivity index (χ2v) is 4.26. The largest absolute Gasteiger partial charge is 0.481 e. The van der Waals surface area contributed by atoms with Crippen LogP contribution in [0.2, 0.25) is 0 Å². The Kier molecular flexibility index (Phi) is 6.42. The van der Waals surface area contributed by atoms with Gasteiger partial charge in [0, 0.05) is 31.5 Å². The quantitative estimate of drug-likeness (QED) is 0.608. The maximum Gasteiger partial charge on any atom is 0.315 e. The van der Waals surface area contributed by atoms with Gasteiger partial charge < -0.3 is 20.3 Å². The first-order chi connectivity index (χ1) is 9.11. The van der Waals surface area contributed by atoms with Crippen LogP contribution in [0.1, 0.15) is 26.2 Å². The van der Waals surface area contributed by atoms with Gasteiger partial charge in [0.1, 0.15) is 0 Å². The molecule has 0 fully saturated rings. The number of imidazole rings is 1. The number of nitrogens with zero attached hydrogens (tertiary/aromatic N) is 2. The third kappa shape index (κ3) is 6.44. The molecule has 7 nitrogen and oxygen atoms in total. The van der Waals surface area contributed by atoms with Crippen LogP contribution < -0.4 is 10.6 Å². The van der Waals surface area contributed by atoms with Crippen LogP contribution in [0.25, 0.3) is 0 Å². The molecule has 7 heteroatoms. The molecule has 3 N–H and O–H groups in total. The van der Waals surface area contributed by atoms with Gasteiger partial charge in [0.25, 0.3) is 0 Å². The second kappa shape index (κ2) is 8.12. The van der Waals surface area contributed by atoms with Gasteiger partial charge in [-0.3, -0.25) is 4.79 Å². The number of nitrogens with one attached hydrogen (secondary N) is 2. The average molecular weight is 268 g/mol. The summed E-state index contributed by atoms with van der Waals surface area (Å²) >= 11 is 0. The van der Waals surface area contributed by atoms with E-state index in [0.29, 0.717) is 13.0 Å². The smallest absolute Gasteiger partial charge is 0.315 e. The number of carbonyl (C=O) groups excluding carboxylic acids is 1. The highest BCUT2D eigenvalue weighted by atomic mass is 16.4. The molecule has 0 spiro atoms. The van der Waals surface area contributed by atoms with Gasteiger partial charge in [0.2, 0.25) is 0 Å². The molecule has 1 aromatic rings. The SMILES string of the molecule is CCC(CC(=O)O)NC(=O)NCCCn1ccnc1. The number of carboxylic acids is 1. The number of hydrogen-bond donors (Lipinski definition) is 3. The van der Waals surface area contributed by atoms with Crippen molar-refractivity contribution in [1.29, 1.82) is 0 Å². The highest BCUT2D eigenvalue weighted by Gasteiger charge is 2.13. The van der Waals surface area contributed by atoms with Crippen LogP contribution in [-0.2, 0) is 11.3 Å². The summed E-state index contributed by atoms with van der Waals surface area (Å²) in [5.41, 5.74) is 0. The molecule has 1 heterocycles. The van der Waals surface area contributed by atoms with Gasteiger partial charge in [-0.15, -0.1) is 0 Å². The molecular formula is C12H20N4O3. The summed E-state index contributed by atoms with van der Waals surface area (Å²) in [5, 5.41) is 14.0. The van der Waals surface area contributed by atoms with Crippen LogP contribution in [0.3, 0.4) is 0 Å². The monoisotopic (exact) mass is 268 g/mol. The molecule has 1 aromatic heterocycles. The zero-order chi connectivity index (χ0) is 14.1. The Bertz CT molecular complexity index is 392. The van der Waals surface area contributed by atoms with E-state index in [9.17, 15) is 9.59 Å². The third-order valence-corrected chi connectivity index (χ3v) is 2.69. The first-order valence-electron chi connectivity index (χ1n) is 6.33. The lowest BCUT2D eigenvalue weighted by molar-refractivity contribution is -0.137. The van der Waals surface area contributed by atoms with Gasteiger partial charge in [-0.2, -0.15) is 0 Å². The highest BCUT2D eigenvalue weighted by Crippen LogP contribution is 1.97. The lowest BCUT2D eigenvalue weighted by Gasteiger charge is -2.15. The fraction of sp³-hybridized carbons (Fsp3) is 0.583. The van der Waals surface area contributed by atoms with Crippen molar-refractivity contribution in [3.63, 3.8) is 0 Å². The van der Waals surface area contributed by atoms with Gasteiger partial charge in [-0.25, -0.2) is 9.78 Å². The first kappa shape index (κ1) is 15.0. The number of aliphatic carboxylic acids is 1. The molecule has 0 saturated carbocycles. The van der Waals surface area contributed by atoms with Crippen molar-refractivity contribution >= 4 is 12.0 Å².